The number of ether oxygens (including phenoxy) is 1. The molecule has 3 aromatic carbocycles. The number of aryl methyl sites for hydroxylation is 1. The Morgan fingerprint density at radius 1 is 1.03 bits per heavy atom. The highest BCUT2D eigenvalue weighted by molar-refractivity contribution is 5.95. The number of aliphatic hydroxyl groups is 1. The normalized spacial score (nSPS) is 17.8. The molecule has 4 aromatic rings. The van der Waals surface area contributed by atoms with Crippen molar-refractivity contribution in [2.24, 2.45) is 0 Å². The molecule has 0 saturated carbocycles. The third-order valence-electron chi connectivity index (χ3n) is 6.96. The van der Waals surface area contributed by atoms with Gasteiger partial charge in [0.2, 0.25) is 0 Å². The Bertz CT molecular complexity index is 1390. The first kappa shape index (κ1) is 26.5. The van der Waals surface area contributed by atoms with Crippen molar-refractivity contribution in [3.8, 4) is 11.4 Å². The van der Waals surface area contributed by atoms with Crippen LogP contribution in [0, 0.1) is 18.6 Å². The second kappa shape index (κ2) is 11.3. The Labute approximate surface area is 225 Å². The minimum atomic E-state index is -0.700. The number of aromatic nitrogens is 2. The molecule has 0 bridgehead atoms. The molecule has 0 radical (unpaired) electrons. The third kappa shape index (κ3) is 6.00. The predicted molar refractivity (Wildman–Crippen MR) is 143 cm³/mol. The molecule has 1 saturated heterocycles. The fraction of sp³-hybridized carbons (Fsp3) is 0.267. The maximum absolute atomic E-state index is 13.7. The minimum Gasteiger partial charge on any atom is -0.495 e. The maximum atomic E-state index is 13.7. The van der Waals surface area contributed by atoms with E-state index in [2.05, 4.69) is 10.3 Å². The second-order valence-corrected chi connectivity index (χ2v) is 9.83. The lowest BCUT2D eigenvalue weighted by molar-refractivity contribution is 0.0359. The topological polar surface area (TPSA) is 79.6 Å². The van der Waals surface area contributed by atoms with Gasteiger partial charge in [-0.25, -0.2) is 13.8 Å². The molecule has 1 fully saturated rings. The van der Waals surface area contributed by atoms with E-state index in [1.807, 2.05) is 22.6 Å². The molecule has 7 nitrogen and oxygen atoms in total. The molecule has 39 heavy (non-hydrogen) atoms. The van der Waals surface area contributed by atoms with Crippen LogP contribution in [0.1, 0.15) is 39.6 Å². The SMILES string of the molecule is COc1cc(C(=O)NC2CC(O)CN(C(c3ccc(F)cc3)c3ccc(F)cc3)C2)ccc1-n1cnc(C)c1. The molecule has 1 amide bonds. The number of nitrogens with one attached hydrogen (secondary N) is 1. The number of amides is 1. The number of methoxy groups -OCH3 is 1. The summed E-state index contributed by atoms with van der Waals surface area (Å²) in [7, 11) is 1.55. The quantitative estimate of drug-likeness (QED) is 0.368. The molecule has 202 valence electrons. The fourth-order valence-corrected chi connectivity index (χ4v) is 5.18. The molecule has 5 rings (SSSR count). The number of hydrogen-bond acceptors (Lipinski definition) is 5. The lowest BCUT2D eigenvalue weighted by atomic mass is 9.93. The number of likely N-dealkylation sites (tertiary alicyclic amines) is 1. The minimum absolute atomic E-state index is 0.291. The number of aliphatic hydroxyl groups excluding tert-OH is 1. The number of carbonyl (C=O) groups is 1. The highest BCUT2D eigenvalue weighted by Gasteiger charge is 2.33. The average Bonchev–Trinajstić information content (AvgIpc) is 3.36. The van der Waals surface area contributed by atoms with Crippen molar-refractivity contribution in [1.29, 1.82) is 0 Å². The number of β-amino-alcohol motifs (C(OH)–C–C–N with tert-alkyl or cyclic N) is 1. The van der Waals surface area contributed by atoms with Crippen molar-refractivity contribution in [3.63, 3.8) is 0 Å². The highest BCUT2D eigenvalue weighted by Crippen LogP contribution is 2.32. The van der Waals surface area contributed by atoms with Gasteiger partial charge in [0.1, 0.15) is 17.4 Å². The van der Waals surface area contributed by atoms with Crippen LogP contribution < -0.4 is 10.1 Å². The summed E-state index contributed by atoms with van der Waals surface area (Å²) in [6.45, 7) is 2.67. The molecular weight excluding hydrogens is 502 g/mol. The number of halogens is 2. The van der Waals surface area contributed by atoms with Crippen LogP contribution in [-0.4, -0.2) is 57.8 Å². The molecule has 2 unspecified atom stereocenters. The van der Waals surface area contributed by atoms with Gasteiger partial charge >= 0.3 is 0 Å². The van der Waals surface area contributed by atoms with Crippen molar-refractivity contribution in [3.05, 3.63) is 113 Å². The Hall–Kier alpha value is -4.08. The molecule has 1 aliphatic heterocycles. The first-order valence-corrected chi connectivity index (χ1v) is 12.7. The van der Waals surface area contributed by atoms with E-state index in [9.17, 15) is 18.7 Å². The lowest BCUT2D eigenvalue weighted by Gasteiger charge is -2.41. The number of carbonyl (C=O) groups excluding carboxylic acids is 1. The van der Waals surface area contributed by atoms with Crippen molar-refractivity contribution < 1.29 is 23.4 Å². The highest BCUT2D eigenvalue weighted by atomic mass is 19.1. The van der Waals surface area contributed by atoms with Crippen molar-refractivity contribution in [2.75, 3.05) is 20.2 Å². The van der Waals surface area contributed by atoms with Crippen LogP contribution in [-0.2, 0) is 0 Å². The number of hydrogen-bond donors (Lipinski definition) is 2. The van der Waals surface area contributed by atoms with Gasteiger partial charge in [0.25, 0.3) is 5.91 Å². The monoisotopic (exact) mass is 532 g/mol. The van der Waals surface area contributed by atoms with E-state index in [1.165, 1.54) is 24.3 Å². The number of nitrogens with zero attached hydrogens (tertiary/aromatic N) is 3. The van der Waals surface area contributed by atoms with E-state index in [0.717, 1.165) is 22.5 Å². The molecular formula is C30H30F2N4O3. The summed E-state index contributed by atoms with van der Waals surface area (Å²) in [5.41, 5.74) is 3.65. The summed E-state index contributed by atoms with van der Waals surface area (Å²) in [5.74, 6) is -0.478. The van der Waals surface area contributed by atoms with Crippen LogP contribution >= 0.6 is 0 Å². The van der Waals surface area contributed by atoms with Crippen LogP contribution in [0.3, 0.4) is 0 Å². The number of piperidine rings is 1. The van der Waals surface area contributed by atoms with Gasteiger partial charge in [0.05, 0.1) is 37.0 Å². The zero-order chi connectivity index (χ0) is 27.5. The number of imidazole rings is 1. The zero-order valence-corrected chi connectivity index (χ0v) is 21.7. The molecule has 1 aliphatic rings. The van der Waals surface area contributed by atoms with Gasteiger partial charge in [-0.1, -0.05) is 24.3 Å². The van der Waals surface area contributed by atoms with Crippen molar-refractivity contribution in [2.45, 2.75) is 31.5 Å². The third-order valence-corrected chi connectivity index (χ3v) is 6.96. The molecule has 2 atom stereocenters. The Morgan fingerprint density at radius 2 is 1.67 bits per heavy atom. The van der Waals surface area contributed by atoms with Gasteiger partial charge < -0.3 is 19.7 Å². The first-order chi connectivity index (χ1) is 18.8. The molecule has 2 N–H and O–H groups in total. The van der Waals surface area contributed by atoms with E-state index in [1.54, 1.807) is 55.9 Å². The maximum Gasteiger partial charge on any atom is 0.251 e. The summed E-state index contributed by atoms with van der Waals surface area (Å²) in [6.07, 6.45) is 3.23. The van der Waals surface area contributed by atoms with Crippen LogP contribution in [0.5, 0.6) is 5.75 Å². The van der Waals surface area contributed by atoms with Gasteiger partial charge in [0, 0.05) is 30.9 Å². The molecule has 2 heterocycles. The Morgan fingerprint density at radius 3 is 2.23 bits per heavy atom. The van der Waals surface area contributed by atoms with Crippen LogP contribution in [0.15, 0.2) is 79.3 Å². The lowest BCUT2D eigenvalue weighted by Crippen LogP contribution is -2.53. The predicted octanol–water partition coefficient (Wildman–Crippen LogP) is 4.42. The van der Waals surface area contributed by atoms with Crippen LogP contribution in [0.25, 0.3) is 5.69 Å². The molecule has 0 spiro atoms. The van der Waals surface area contributed by atoms with Gasteiger partial charge in [-0.15, -0.1) is 0 Å². The number of rotatable bonds is 7. The van der Waals surface area contributed by atoms with Gasteiger partial charge in [-0.3, -0.25) is 9.69 Å². The first-order valence-electron chi connectivity index (χ1n) is 12.7. The van der Waals surface area contributed by atoms with Gasteiger partial charge in [0.15, 0.2) is 0 Å². The fourth-order valence-electron chi connectivity index (χ4n) is 5.18. The average molecular weight is 533 g/mol. The summed E-state index contributed by atoms with van der Waals surface area (Å²) in [4.78, 5) is 19.5. The van der Waals surface area contributed by atoms with E-state index in [0.29, 0.717) is 30.8 Å². The second-order valence-electron chi connectivity index (χ2n) is 9.83. The Kier molecular flexibility index (Phi) is 7.72. The van der Waals surface area contributed by atoms with E-state index < -0.39 is 6.10 Å². The summed E-state index contributed by atoms with van der Waals surface area (Å²) in [6, 6.07) is 16.8. The largest absolute Gasteiger partial charge is 0.495 e. The molecule has 9 heteroatoms. The number of benzene rings is 3. The summed E-state index contributed by atoms with van der Waals surface area (Å²) < 4.78 is 34.7. The van der Waals surface area contributed by atoms with Crippen LogP contribution in [0.2, 0.25) is 0 Å². The van der Waals surface area contributed by atoms with Crippen LogP contribution in [0.4, 0.5) is 8.78 Å². The van der Waals surface area contributed by atoms with Crippen molar-refractivity contribution >= 4 is 5.91 Å². The van der Waals surface area contributed by atoms with E-state index >= 15 is 0 Å². The standard InChI is InChI=1S/C30H30F2N4O3/c1-19-15-36(18-33-19)27-12-7-22(13-28(27)39-2)30(38)34-25-14-26(37)17-35(16-25)29(20-3-8-23(31)9-4-20)21-5-10-24(32)11-6-21/h3-13,15,18,25-26,29,37H,14,16-17H2,1-2H3,(H,34,38). The van der Waals surface area contributed by atoms with Gasteiger partial charge in [-0.05, 0) is 66.9 Å². The summed E-state index contributed by atoms with van der Waals surface area (Å²) in [5, 5.41) is 13.8. The van der Waals surface area contributed by atoms with Crippen molar-refractivity contribution in [1.82, 2.24) is 19.8 Å². The summed E-state index contributed by atoms with van der Waals surface area (Å²) >= 11 is 0. The Balaban J connectivity index is 1.37. The van der Waals surface area contributed by atoms with E-state index in [-0.39, 0.29) is 29.6 Å². The molecule has 0 aliphatic carbocycles. The smallest absolute Gasteiger partial charge is 0.251 e. The molecule has 1 aromatic heterocycles. The zero-order valence-electron chi connectivity index (χ0n) is 21.7. The van der Waals surface area contributed by atoms with E-state index in [4.69, 9.17) is 4.74 Å². The van der Waals surface area contributed by atoms with Gasteiger partial charge in [-0.2, -0.15) is 0 Å².